The Morgan fingerprint density at radius 2 is 2.03 bits per heavy atom. The number of furan rings is 1. The molecule has 0 aliphatic carbocycles. The predicted molar refractivity (Wildman–Crippen MR) is 110 cm³/mol. The van der Waals surface area contributed by atoms with Crippen molar-refractivity contribution >= 4 is 34.9 Å². The fourth-order valence-corrected chi connectivity index (χ4v) is 3.57. The molecule has 10 heteroatoms. The summed E-state index contributed by atoms with van der Waals surface area (Å²) in [6, 6.07) is 2.67. The van der Waals surface area contributed by atoms with Crippen LogP contribution in [0.4, 0.5) is 5.69 Å². The van der Waals surface area contributed by atoms with Gasteiger partial charge in [-0.15, -0.1) is 0 Å². The van der Waals surface area contributed by atoms with Crippen molar-refractivity contribution < 1.29 is 18.8 Å². The monoisotopic (exact) mass is 421 g/mol. The fraction of sp³-hybridized carbons (Fsp3) is 0.474. The summed E-state index contributed by atoms with van der Waals surface area (Å²) in [5.41, 5.74) is 10.5. The SMILES string of the molecule is CCC[C@H](C(=O)NC(C)(C)C)N(Cc1ccco1)C(=O)c1snc(C(N)=O)c1N. The molecule has 0 radical (unpaired) electrons. The van der Waals surface area contributed by atoms with Gasteiger partial charge in [0, 0.05) is 5.54 Å². The predicted octanol–water partition coefficient (Wildman–Crippen LogP) is 2.14. The maximum absolute atomic E-state index is 13.4. The van der Waals surface area contributed by atoms with E-state index < -0.39 is 23.4 Å². The van der Waals surface area contributed by atoms with Crippen molar-refractivity contribution in [2.24, 2.45) is 5.73 Å². The molecule has 0 unspecified atom stereocenters. The number of carbonyl (C=O) groups excluding carboxylic acids is 3. The molecule has 0 aromatic carbocycles. The largest absolute Gasteiger partial charge is 0.467 e. The van der Waals surface area contributed by atoms with E-state index in [1.807, 2.05) is 27.7 Å². The first-order valence-electron chi connectivity index (χ1n) is 9.25. The molecular formula is C19H27N5O4S. The number of aromatic nitrogens is 1. The van der Waals surface area contributed by atoms with Crippen LogP contribution < -0.4 is 16.8 Å². The van der Waals surface area contributed by atoms with Crippen LogP contribution in [-0.4, -0.2) is 38.6 Å². The first kappa shape index (κ1) is 22.4. The second-order valence-electron chi connectivity index (χ2n) is 7.69. The molecule has 0 aliphatic heterocycles. The van der Waals surface area contributed by atoms with Gasteiger partial charge >= 0.3 is 0 Å². The minimum Gasteiger partial charge on any atom is -0.467 e. The third-order valence-electron chi connectivity index (χ3n) is 4.06. The highest BCUT2D eigenvalue weighted by Gasteiger charge is 2.34. The fourth-order valence-electron chi connectivity index (χ4n) is 2.81. The highest BCUT2D eigenvalue weighted by Crippen LogP contribution is 2.26. The quantitative estimate of drug-likeness (QED) is 0.595. The summed E-state index contributed by atoms with van der Waals surface area (Å²) in [6.07, 6.45) is 2.61. The van der Waals surface area contributed by atoms with Crippen molar-refractivity contribution in [3.05, 3.63) is 34.7 Å². The molecule has 29 heavy (non-hydrogen) atoms. The van der Waals surface area contributed by atoms with Gasteiger partial charge in [-0.25, -0.2) is 0 Å². The number of rotatable bonds is 8. The molecule has 2 rings (SSSR count). The minimum atomic E-state index is -0.814. The molecule has 0 saturated heterocycles. The van der Waals surface area contributed by atoms with Crippen molar-refractivity contribution in [3.8, 4) is 0 Å². The van der Waals surface area contributed by atoms with Gasteiger partial charge in [0.1, 0.15) is 16.7 Å². The van der Waals surface area contributed by atoms with E-state index in [2.05, 4.69) is 9.69 Å². The van der Waals surface area contributed by atoms with Gasteiger partial charge in [-0.1, -0.05) is 13.3 Å². The van der Waals surface area contributed by atoms with Gasteiger partial charge in [0.25, 0.3) is 11.8 Å². The van der Waals surface area contributed by atoms with E-state index in [1.165, 1.54) is 11.2 Å². The van der Waals surface area contributed by atoms with Crippen LogP contribution >= 0.6 is 11.5 Å². The number of anilines is 1. The van der Waals surface area contributed by atoms with Crippen molar-refractivity contribution in [1.29, 1.82) is 0 Å². The van der Waals surface area contributed by atoms with Gasteiger partial charge in [0.15, 0.2) is 5.69 Å². The Labute approximate surface area is 173 Å². The third kappa shape index (κ3) is 5.57. The zero-order chi connectivity index (χ0) is 21.8. The average molecular weight is 422 g/mol. The lowest BCUT2D eigenvalue weighted by Gasteiger charge is -2.32. The molecule has 3 amide bonds. The number of nitrogens with one attached hydrogen (secondary N) is 1. The minimum absolute atomic E-state index is 0.0648. The summed E-state index contributed by atoms with van der Waals surface area (Å²) in [4.78, 5) is 39.3. The van der Waals surface area contributed by atoms with Crippen LogP contribution in [0.1, 0.15) is 66.5 Å². The second-order valence-corrected chi connectivity index (χ2v) is 8.47. The Kier molecular flexibility index (Phi) is 7.02. The standard InChI is InChI=1S/C19H27N5O4S/c1-5-7-12(17(26)22-19(2,3)4)24(10-11-8-6-9-28-11)18(27)15-13(20)14(16(21)25)23-29-15/h6,8-9,12H,5,7,10,20H2,1-4H3,(H2,21,25)(H,22,26)/t12-/m1/s1. The average Bonchev–Trinajstić information content (AvgIpc) is 3.25. The highest BCUT2D eigenvalue weighted by atomic mass is 32.1. The van der Waals surface area contributed by atoms with Gasteiger partial charge in [-0.05, 0) is 50.9 Å². The lowest BCUT2D eigenvalue weighted by molar-refractivity contribution is -0.127. The van der Waals surface area contributed by atoms with E-state index in [0.717, 1.165) is 11.5 Å². The Balaban J connectivity index is 2.45. The normalized spacial score (nSPS) is 12.4. The van der Waals surface area contributed by atoms with Crippen molar-refractivity contribution in [1.82, 2.24) is 14.6 Å². The van der Waals surface area contributed by atoms with Crippen LogP contribution in [0.15, 0.2) is 22.8 Å². The maximum atomic E-state index is 13.4. The second kappa shape index (κ2) is 9.08. The van der Waals surface area contributed by atoms with E-state index in [4.69, 9.17) is 15.9 Å². The lowest BCUT2D eigenvalue weighted by Crippen LogP contribution is -2.53. The molecule has 0 aliphatic rings. The smallest absolute Gasteiger partial charge is 0.270 e. The summed E-state index contributed by atoms with van der Waals surface area (Å²) in [6.45, 7) is 7.60. The highest BCUT2D eigenvalue weighted by molar-refractivity contribution is 7.09. The van der Waals surface area contributed by atoms with E-state index in [1.54, 1.807) is 12.1 Å². The maximum Gasteiger partial charge on any atom is 0.270 e. The molecule has 158 valence electrons. The number of carbonyl (C=O) groups is 3. The topological polar surface area (TPSA) is 145 Å². The van der Waals surface area contributed by atoms with Crippen LogP contribution in [0, 0.1) is 0 Å². The van der Waals surface area contributed by atoms with Crippen molar-refractivity contribution in [2.75, 3.05) is 5.73 Å². The molecule has 9 nitrogen and oxygen atoms in total. The van der Waals surface area contributed by atoms with Crippen LogP contribution in [-0.2, 0) is 11.3 Å². The van der Waals surface area contributed by atoms with Crippen LogP contribution in [0.2, 0.25) is 0 Å². The number of hydrogen-bond donors (Lipinski definition) is 3. The summed E-state index contributed by atoms with van der Waals surface area (Å²) in [7, 11) is 0. The lowest BCUT2D eigenvalue weighted by atomic mass is 10.0. The van der Waals surface area contributed by atoms with E-state index in [-0.39, 0.29) is 28.7 Å². The van der Waals surface area contributed by atoms with Crippen LogP contribution in [0.25, 0.3) is 0 Å². The van der Waals surface area contributed by atoms with Gasteiger partial charge < -0.3 is 26.1 Å². The zero-order valence-corrected chi connectivity index (χ0v) is 17.8. The van der Waals surface area contributed by atoms with E-state index in [9.17, 15) is 14.4 Å². The Morgan fingerprint density at radius 1 is 1.34 bits per heavy atom. The van der Waals surface area contributed by atoms with Gasteiger partial charge in [-0.2, -0.15) is 4.37 Å². The molecule has 2 heterocycles. The van der Waals surface area contributed by atoms with Gasteiger partial charge in [-0.3, -0.25) is 14.4 Å². The summed E-state index contributed by atoms with van der Waals surface area (Å²) >= 11 is 0.785. The van der Waals surface area contributed by atoms with Crippen molar-refractivity contribution in [2.45, 2.75) is 58.7 Å². The Bertz CT molecular complexity index is 870. The molecule has 5 N–H and O–H groups in total. The van der Waals surface area contributed by atoms with E-state index in [0.29, 0.717) is 18.6 Å². The van der Waals surface area contributed by atoms with Crippen LogP contribution in [0.5, 0.6) is 0 Å². The molecular weight excluding hydrogens is 394 g/mol. The molecule has 0 bridgehead atoms. The molecule has 1 atom stereocenters. The first-order chi connectivity index (χ1) is 13.5. The molecule has 2 aromatic heterocycles. The summed E-state index contributed by atoms with van der Waals surface area (Å²) < 4.78 is 9.29. The number of nitrogens with zero attached hydrogens (tertiary/aromatic N) is 2. The number of primary amides is 1. The molecule has 0 saturated carbocycles. The zero-order valence-electron chi connectivity index (χ0n) is 17.0. The number of nitrogens with two attached hydrogens (primary N) is 2. The van der Waals surface area contributed by atoms with Gasteiger partial charge in [0.05, 0.1) is 18.5 Å². The number of nitrogen functional groups attached to an aromatic ring is 1. The molecule has 0 spiro atoms. The number of hydrogen-bond acceptors (Lipinski definition) is 7. The summed E-state index contributed by atoms with van der Waals surface area (Å²) in [5.74, 6) is -1.09. The van der Waals surface area contributed by atoms with E-state index >= 15 is 0 Å². The van der Waals surface area contributed by atoms with Crippen molar-refractivity contribution in [3.63, 3.8) is 0 Å². The number of amides is 3. The summed E-state index contributed by atoms with van der Waals surface area (Å²) in [5, 5.41) is 2.93. The Morgan fingerprint density at radius 3 is 2.52 bits per heavy atom. The Hall–Kier alpha value is -2.88. The first-order valence-corrected chi connectivity index (χ1v) is 10.0. The van der Waals surface area contributed by atoms with Crippen LogP contribution in [0.3, 0.4) is 0 Å². The molecule has 0 fully saturated rings. The molecule has 2 aromatic rings. The van der Waals surface area contributed by atoms with Gasteiger partial charge in [0.2, 0.25) is 5.91 Å². The third-order valence-corrected chi connectivity index (χ3v) is 4.91.